The number of carbonyl (C=O) groups is 1. The van der Waals surface area contributed by atoms with Crippen LogP contribution in [0.15, 0.2) is 17.0 Å². The lowest BCUT2D eigenvalue weighted by molar-refractivity contribution is -0.135. The van der Waals surface area contributed by atoms with E-state index in [1.165, 1.54) is 16.4 Å². The molecule has 0 radical (unpaired) electrons. The number of benzene rings is 1. The number of halogens is 2. The molecule has 1 unspecified atom stereocenters. The van der Waals surface area contributed by atoms with Crippen LogP contribution in [0.25, 0.3) is 0 Å². The molecular formula is C17H25ClFN3O3S. The molecule has 1 atom stereocenters. The van der Waals surface area contributed by atoms with Crippen LogP contribution in [0.2, 0.25) is 0 Å². The van der Waals surface area contributed by atoms with Crippen molar-refractivity contribution in [2.24, 2.45) is 0 Å². The molecule has 146 valence electrons. The number of hydrogen-bond donors (Lipinski definition) is 1. The van der Waals surface area contributed by atoms with E-state index in [1.54, 1.807) is 18.7 Å². The van der Waals surface area contributed by atoms with Gasteiger partial charge in [0.15, 0.2) is 0 Å². The van der Waals surface area contributed by atoms with Gasteiger partial charge >= 0.3 is 0 Å². The zero-order chi connectivity index (χ0) is 18.2. The second kappa shape index (κ2) is 8.21. The molecule has 2 fully saturated rings. The maximum Gasteiger partial charge on any atom is 0.243 e. The van der Waals surface area contributed by atoms with Crippen molar-refractivity contribution >= 4 is 28.3 Å². The van der Waals surface area contributed by atoms with E-state index in [4.69, 9.17) is 0 Å². The van der Waals surface area contributed by atoms with Gasteiger partial charge in [-0.05, 0) is 49.9 Å². The first-order valence-electron chi connectivity index (χ1n) is 8.58. The van der Waals surface area contributed by atoms with Crippen LogP contribution >= 0.6 is 12.4 Å². The fraction of sp³-hybridized carbons (Fsp3) is 0.588. The third-order valence-electron chi connectivity index (χ3n) is 4.95. The summed E-state index contributed by atoms with van der Waals surface area (Å²) in [6.07, 6.45) is 1.51. The topological polar surface area (TPSA) is 69.7 Å². The molecule has 0 spiro atoms. The number of sulfonamides is 1. The summed E-state index contributed by atoms with van der Waals surface area (Å²) in [6.45, 7) is 5.59. The Labute approximate surface area is 160 Å². The Balaban J connectivity index is 0.00000243. The van der Waals surface area contributed by atoms with Gasteiger partial charge in [0.05, 0.1) is 11.4 Å². The highest BCUT2D eigenvalue weighted by atomic mass is 35.5. The molecule has 6 nitrogen and oxygen atoms in total. The molecule has 1 N–H and O–H groups in total. The largest absolute Gasteiger partial charge is 0.336 e. The summed E-state index contributed by atoms with van der Waals surface area (Å²) in [5, 5.41) is 3.03. The molecule has 0 aromatic heterocycles. The smallest absolute Gasteiger partial charge is 0.243 e. The summed E-state index contributed by atoms with van der Waals surface area (Å²) < 4.78 is 41.3. The van der Waals surface area contributed by atoms with Crippen LogP contribution in [0, 0.1) is 19.7 Å². The first-order chi connectivity index (χ1) is 11.8. The van der Waals surface area contributed by atoms with Gasteiger partial charge in [-0.1, -0.05) is 0 Å². The zero-order valence-electron chi connectivity index (χ0n) is 15.0. The van der Waals surface area contributed by atoms with Crippen molar-refractivity contribution in [3.63, 3.8) is 0 Å². The molecule has 2 aliphatic heterocycles. The van der Waals surface area contributed by atoms with Crippen molar-refractivity contribution in [2.75, 3.05) is 32.7 Å². The van der Waals surface area contributed by atoms with Crippen molar-refractivity contribution < 1.29 is 17.6 Å². The average molecular weight is 406 g/mol. The number of amides is 1. The van der Waals surface area contributed by atoms with Crippen molar-refractivity contribution in [3.05, 3.63) is 29.1 Å². The molecular weight excluding hydrogens is 381 g/mol. The van der Waals surface area contributed by atoms with Crippen LogP contribution < -0.4 is 5.32 Å². The van der Waals surface area contributed by atoms with Crippen LogP contribution in [0.3, 0.4) is 0 Å². The van der Waals surface area contributed by atoms with Crippen LogP contribution in [0.1, 0.15) is 24.0 Å². The highest BCUT2D eigenvalue weighted by molar-refractivity contribution is 7.89. The van der Waals surface area contributed by atoms with E-state index in [0.29, 0.717) is 43.7 Å². The molecule has 2 aliphatic rings. The van der Waals surface area contributed by atoms with Crippen molar-refractivity contribution in [1.82, 2.24) is 14.5 Å². The molecule has 9 heteroatoms. The molecule has 2 saturated heterocycles. The van der Waals surface area contributed by atoms with E-state index in [9.17, 15) is 17.6 Å². The summed E-state index contributed by atoms with van der Waals surface area (Å²) >= 11 is 0. The molecule has 1 aromatic carbocycles. The number of nitrogens with one attached hydrogen (secondary N) is 1. The zero-order valence-corrected chi connectivity index (χ0v) is 16.6. The lowest BCUT2D eigenvalue weighted by Crippen LogP contribution is -2.57. The van der Waals surface area contributed by atoms with Crippen molar-refractivity contribution in [1.29, 1.82) is 0 Å². The van der Waals surface area contributed by atoms with Gasteiger partial charge < -0.3 is 10.2 Å². The number of nitrogens with zero attached hydrogens (tertiary/aromatic N) is 2. The van der Waals surface area contributed by atoms with Gasteiger partial charge in [0, 0.05) is 32.2 Å². The number of aryl methyl sites for hydroxylation is 2. The van der Waals surface area contributed by atoms with Crippen LogP contribution in [0.4, 0.5) is 4.39 Å². The van der Waals surface area contributed by atoms with Gasteiger partial charge in [-0.15, -0.1) is 12.4 Å². The standard InChI is InChI=1S/C17H24FN3O3S.ClH/c1-12-8-14(18)9-13(2)17(12)25(23,24)20-6-3-4-15(11-20)21-7-5-19-10-16(21)22;/h8-9,15,19H,3-7,10-11H2,1-2H3;1H. The van der Waals surface area contributed by atoms with Crippen LogP contribution in [0.5, 0.6) is 0 Å². The summed E-state index contributed by atoms with van der Waals surface area (Å²) in [4.78, 5) is 14.1. The van der Waals surface area contributed by atoms with Crippen molar-refractivity contribution in [2.45, 2.75) is 37.6 Å². The van der Waals surface area contributed by atoms with Gasteiger partial charge in [-0.3, -0.25) is 4.79 Å². The predicted octanol–water partition coefficient (Wildman–Crippen LogP) is 1.45. The van der Waals surface area contributed by atoms with E-state index in [0.717, 1.165) is 13.0 Å². The molecule has 1 aromatic rings. The number of rotatable bonds is 3. The minimum atomic E-state index is -3.72. The monoisotopic (exact) mass is 405 g/mol. The summed E-state index contributed by atoms with van der Waals surface area (Å²) in [6, 6.07) is 2.40. The van der Waals surface area contributed by atoms with Crippen LogP contribution in [-0.4, -0.2) is 62.3 Å². The Bertz CT molecular complexity index is 764. The normalized spacial score (nSPS) is 22.2. The first-order valence-corrected chi connectivity index (χ1v) is 10.0. The SMILES string of the molecule is Cc1cc(F)cc(C)c1S(=O)(=O)N1CCCC(N2CCNCC2=O)C1.Cl. The average Bonchev–Trinajstić information content (AvgIpc) is 2.54. The Morgan fingerprint density at radius 1 is 1.19 bits per heavy atom. The van der Waals surface area contributed by atoms with Gasteiger partial charge in [-0.2, -0.15) is 4.31 Å². The summed E-state index contributed by atoms with van der Waals surface area (Å²) in [5.74, 6) is -0.415. The highest BCUT2D eigenvalue weighted by Crippen LogP contribution is 2.28. The lowest BCUT2D eigenvalue weighted by atomic mass is 10.1. The Kier molecular flexibility index (Phi) is 6.65. The number of piperazine rings is 1. The van der Waals surface area contributed by atoms with Crippen molar-refractivity contribution in [3.8, 4) is 0 Å². The molecule has 3 rings (SSSR count). The minimum Gasteiger partial charge on any atom is -0.336 e. The Hall–Kier alpha value is -1.22. The fourth-order valence-electron chi connectivity index (χ4n) is 3.83. The van der Waals surface area contributed by atoms with E-state index in [-0.39, 0.29) is 29.3 Å². The Morgan fingerprint density at radius 2 is 1.85 bits per heavy atom. The first kappa shape index (κ1) is 21.1. The second-order valence-corrected chi connectivity index (χ2v) is 8.67. The van der Waals surface area contributed by atoms with Gasteiger partial charge in [0.25, 0.3) is 0 Å². The quantitative estimate of drug-likeness (QED) is 0.826. The third kappa shape index (κ3) is 4.03. The minimum absolute atomic E-state index is 0. The fourth-order valence-corrected chi connectivity index (χ4v) is 5.76. The summed E-state index contributed by atoms with van der Waals surface area (Å²) in [5.41, 5.74) is 0.829. The molecule has 0 bridgehead atoms. The second-order valence-electron chi connectivity index (χ2n) is 6.79. The van der Waals surface area contributed by atoms with E-state index < -0.39 is 15.8 Å². The van der Waals surface area contributed by atoms with E-state index in [2.05, 4.69) is 5.32 Å². The van der Waals surface area contributed by atoms with Gasteiger partial charge in [-0.25, -0.2) is 12.8 Å². The predicted molar refractivity (Wildman–Crippen MR) is 99.5 cm³/mol. The maximum absolute atomic E-state index is 13.5. The highest BCUT2D eigenvalue weighted by Gasteiger charge is 2.36. The van der Waals surface area contributed by atoms with E-state index >= 15 is 0 Å². The maximum atomic E-state index is 13.5. The molecule has 26 heavy (non-hydrogen) atoms. The lowest BCUT2D eigenvalue weighted by Gasteiger charge is -2.40. The van der Waals surface area contributed by atoms with Crippen LogP contribution in [-0.2, 0) is 14.8 Å². The van der Waals surface area contributed by atoms with Gasteiger partial charge in [0.1, 0.15) is 5.82 Å². The van der Waals surface area contributed by atoms with E-state index in [1.807, 2.05) is 0 Å². The molecule has 0 saturated carbocycles. The summed E-state index contributed by atoms with van der Waals surface area (Å²) in [7, 11) is -3.72. The molecule has 0 aliphatic carbocycles. The number of hydrogen-bond acceptors (Lipinski definition) is 4. The van der Waals surface area contributed by atoms with Gasteiger partial charge in [0.2, 0.25) is 15.9 Å². The molecule has 1 amide bonds. The Morgan fingerprint density at radius 3 is 2.46 bits per heavy atom. The number of carbonyl (C=O) groups excluding carboxylic acids is 1. The molecule has 2 heterocycles. The number of piperidine rings is 1. The third-order valence-corrected chi connectivity index (χ3v) is 7.12.